The lowest BCUT2D eigenvalue weighted by Crippen LogP contribution is -2.46. The van der Waals surface area contributed by atoms with Crippen LogP contribution in [0.25, 0.3) is 0 Å². The summed E-state index contributed by atoms with van der Waals surface area (Å²) in [5.74, 6) is 0.666. The van der Waals surface area contributed by atoms with E-state index in [0.717, 1.165) is 44.1 Å². The maximum Gasteiger partial charge on any atom is 0.252 e. The fourth-order valence-corrected chi connectivity index (χ4v) is 3.61. The third-order valence-corrected chi connectivity index (χ3v) is 5.08. The molecule has 0 radical (unpaired) electrons. The second-order valence-electron chi connectivity index (χ2n) is 7.30. The summed E-state index contributed by atoms with van der Waals surface area (Å²) in [5, 5.41) is 10.1. The van der Waals surface area contributed by atoms with E-state index < -0.39 is 5.54 Å². The number of hydrogen-bond acceptors (Lipinski definition) is 5. The maximum absolute atomic E-state index is 13.0. The van der Waals surface area contributed by atoms with E-state index in [0.29, 0.717) is 23.0 Å². The van der Waals surface area contributed by atoms with Gasteiger partial charge in [-0.05, 0) is 37.5 Å². The van der Waals surface area contributed by atoms with Crippen molar-refractivity contribution in [2.75, 3.05) is 5.32 Å². The van der Waals surface area contributed by atoms with Crippen molar-refractivity contribution in [2.24, 2.45) is 0 Å². The Hall–Kier alpha value is -2.70. The van der Waals surface area contributed by atoms with Gasteiger partial charge in [-0.2, -0.15) is 4.98 Å². The highest BCUT2D eigenvalue weighted by atomic mass is 16.5. The van der Waals surface area contributed by atoms with Gasteiger partial charge in [-0.3, -0.25) is 9.59 Å². The quantitative estimate of drug-likeness (QED) is 0.801. The highest BCUT2D eigenvalue weighted by Gasteiger charge is 2.39. The van der Waals surface area contributed by atoms with Crippen LogP contribution in [0.4, 0.5) is 5.69 Å². The Labute approximate surface area is 158 Å². The molecule has 0 spiro atoms. The monoisotopic (exact) mass is 370 g/mol. The number of nitrogens with zero attached hydrogens (tertiary/aromatic N) is 2. The zero-order valence-corrected chi connectivity index (χ0v) is 16.1. The number of anilines is 1. The number of benzene rings is 1. The lowest BCUT2D eigenvalue weighted by Gasteiger charge is -2.30. The van der Waals surface area contributed by atoms with Crippen LogP contribution in [0.1, 0.15) is 73.1 Å². The van der Waals surface area contributed by atoms with E-state index >= 15 is 0 Å². The van der Waals surface area contributed by atoms with Gasteiger partial charge in [0, 0.05) is 25.1 Å². The second kappa shape index (κ2) is 7.90. The molecule has 7 heteroatoms. The van der Waals surface area contributed by atoms with Crippen molar-refractivity contribution in [3.05, 3.63) is 41.0 Å². The zero-order chi connectivity index (χ0) is 19.4. The molecule has 1 aromatic heterocycles. The Bertz CT molecular complexity index is 836. The summed E-state index contributed by atoms with van der Waals surface area (Å²) >= 11 is 0. The summed E-state index contributed by atoms with van der Waals surface area (Å²) < 4.78 is 5.19. The fraction of sp³-hybridized carbons (Fsp3) is 0.500. The second-order valence-corrected chi connectivity index (χ2v) is 7.30. The summed E-state index contributed by atoms with van der Waals surface area (Å²) in [6.07, 6.45) is 5.82. The van der Waals surface area contributed by atoms with E-state index in [9.17, 15) is 9.59 Å². The van der Waals surface area contributed by atoms with Gasteiger partial charge >= 0.3 is 0 Å². The van der Waals surface area contributed by atoms with Gasteiger partial charge in [-0.15, -0.1) is 0 Å². The molecule has 0 aliphatic heterocycles. The van der Waals surface area contributed by atoms with Crippen LogP contribution in [0, 0.1) is 13.8 Å². The lowest BCUT2D eigenvalue weighted by molar-refractivity contribution is -0.114. The van der Waals surface area contributed by atoms with Crippen molar-refractivity contribution in [1.29, 1.82) is 0 Å². The number of carbonyl (C=O) groups excluding carboxylic acids is 2. The number of nitrogens with one attached hydrogen (secondary N) is 2. The van der Waals surface area contributed by atoms with Gasteiger partial charge in [0.05, 0.1) is 0 Å². The van der Waals surface area contributed by atoms with E-state index in [1.807, 2.05) is 13.0 Å². The molecule has 1 aliphatic carbocycles. The fourth-order valence-electron chi connectivity index (χ4n) is 3.61. The zero-order valence-electron chi connectivity index (χ0n) is 16.1. The molecule has 2 N–H and O–H groups in total. The highest BCUT2D eigenvalue weighted by molar-refractivity contribution is 5.97. The van der Waals surface area contributed by atoms with Crippen molar-refractivity contribution < 1.29 is 14.1 Å². The molecule has 1 aromatic carbocycles. The van der Waals surface area contributed by atoms with Crippen LogP contribution in [0.15, 0.2) is 22.7 Å². The predicted octanol–water partition coefficient (Wildman–Crippen LogP) is 3.62. The van der Waals surface area contributed by atoms with Crippen molar-refractivity contribution in [1.82, 2.24) is 15.5 Å². The largest absolute Gasteiger partial charge is 0.340 e. The van der Waals surface area contributed by atoms with Gasteiger partial charge in [-0.25, -0.2) is 0 Å². The first-order valence-corrected chi connectivity index (χ1v) is 9.41. The minimum Gasteiger partial charge on any atom is -0.340 e. The SMILES string of the molecule is CC(=O)Nc1cc(C(=O)NC2(c3noc(C)n3)CCCCCC2)ccc1C. The average molecular weight is 370 g/mol. The molecule has 27 heavy (non-hydrogen) atoms. The first-order valence-electron chi connectivity index (χ1n) is 9.41. The molecule has 0 atom stereocenters. The summed E-state index contributed by atoms with van der Waals surface area (Å²) in [6.45, 7) is 5.09. The van der Waals surface area contributed by atoms with Crippen molar-refractivity contribution in [3.8, 4) is 0 Å². The normalized spacial score (nSPS) is 16.4. The van der Waals surface area contributed by atoms with E-state index in [2.05, 4.69) is 20.8 Å². The van der Waals surface area contributed by atoms with E-state index in [1.54, 1.807) is 19.1 Å². The average Bonchev–Trinajstić information content (AvgIpc) is 2.92. The smallest absolute Gasteiger partial charge is 0.252 e. The Balaban J connectivity index is 1.90. The van der Waals surface area contributed by atoms with Gasteiger partial charge in [0.1, 0.15) is 5.54 Å². The number of rotatable bonds is 4. The van der Waals surface area contributed by atoms with E-state index in [1.165, 1.54) is 6.92 Å². The Morgan fingerprint density at radius 1 is 1.11 bits per heavy atom. The predicted molar refractivity (Wildman–Crippen MR) is 101 cm³/mol. The maximum atomic E-state index is 13.0. The topological polar surface area (TPSA) is 97.1 Å². The van der Waals surface area contributed by atoms with Crippen molar-refractivity contribution in [2.45, 2.75) is 64.8 Å². The van der Waals surface area contributed by atoms with Crippen LogP contribution in [-0.4, -0.2) is 22.0 Å². The minimum absolute atomic E-state index is 0.168. The molecule has 1 aliphatic rings. The van der Waals surface area contributed by atoms with Crippen LogP contribution in [-0.2, 0) is 10.3 Å². The molecule has 1 fully saturated rings. The molecule has 1 heterocycles. The number of carbonyl (C=O) groups is 2. The summed E-state index contributed by atoms with van der Waals surface area (Å²) in [4.78, 5) is 28.9. The summed E-state index contributed by atoms with van der Waals surface area (Å²) in [7, 11) is 0. The number of amides is 2. The minimum atomic E-state index is -0.621. The third kappa shape index (κ3) is 4.35. The Kier molecular flexibility index (Phi) is 5.58. The van der Waals surface area contributed by atoms with Gasteiger partial charge in [0.2, 0.25) is 11.8 Å². The molecule has 144 valence electrons. The van der Waals surface area contributed by atoms with Gasteiger partial charge < -0.3 is 15.2 Å². The molecule has 0 saturated heterocycles. The Morgan fingerprint density at radius 2 is 1.81 bits per heavy atom. The Morgan fingerprint density at radius 3 is 2.41 bits per heavy atom. The molecule has 1 saturated carbocycles. The van der Waals surface area contributed by atoms with E-state index in [-0.39, 0.29) is 11.8 Å². The first kappa shape index (κ1) is 19.1. The standard InChI is InChI=1S/C20H26N4O3/c1-13-8-9-16(12-17(13)21-14(2)25)18(26)23-20(10-6-4-5-7-11-20)19-22-15(3)27-24-19/h8-9,12H,4-7,10-11H2,1-3H3,(H,21,25)(H,23,26). The van der Waals surface area contributed by atoms with Crippen LogP contribution in [0.2, 0.25) is 0 Å². The van der Waals surface area contributed by atoms with Crippen LogP contribution >= 0.6 is 0 Å². The third-order valence-electron chi connectivity index (χ3n) is 5.08. The van der Waals surface area contributed by atoms with E-state index in [4.69, 9.17) is 4.52 Å². The van der Waals surface area contributed by atoms with Crippen LogP contribution in [0.5, 0.6) is 0 Å². The van der Waals surface area contributed by atoms with Crippen LogP contribution in [0.3, 0.4) is 0 Å². The van der Waals surface area contributed by atoms with Gasteiger partial charge in [-0.1, -0.05) is 36.9 Å². The number of aromatic nitrogens is 2. The summed E-state index contributed by atoms with van der Waals surface area (Å²) in [6, 6.07) is 5.30. The molecule has 0 unspecified atom stereocenters. The summed E-state index contributed by atoms with van der Waals surface area (Å²) in [5.41, 5.74) is 1.41. The van der Waals surface area contributed by atoms with Crippen LogP contribution < -0.4 is 10.6 Å². The molecular weight excluding hydrogens is 344 g/mol. The molecule has 7 nitrogen and oxygen atoms in total. The molecule has 3 rings (SSSR count). The molecular formula is C20H26N4O3. The number of aryl methyl sites for hydroxylation is 2. The van der Waals surface area contributed by atoms with Gasteiger partial charge in [0.15, 0.2) is 5.82 Å². The van der Waals surface area contributed by atoms with Crippen molar-refractivity contribution >= 4 is 17.5 Å². The van der Waals surface area contributed by atoms with Crippen molar-refractivity contribution in [3.63, 3.8) is 0 Å². The highest BCUT2D eigenvalue weighted by Crippen LogP contribution is 2.35. The van der Waals surface area contributed by atoms with Gasteiger partial charge in [0.25, 0.3) is 5.91 Å². The molecule has 2 amide bonds. The number of hydrogen-bond donors (Lipinski definition) is 2. The first-order chi connectivity index (χ1) is 12.9. The molecule has 2 aromatic rings. The lowest BCUT2D eigenvalue weighted by atomic mass is 9.88. The molecule has 0 bridgehead atoms.